The van der Waals surface area contributed by atoms with Crippen LogP contribution < -0.4 is 5.32 Å². The predicted molar refractivity (Wildman–Crippen MR) is 60.4 cm³/mol. The normalized spacial score (nSPS) is 45.6. The van der Waals surface area contributed by atoms with Crippen molar-refractivity contribution in [3.8, 4) is 0 Å². The Labute approximate surface area is 88.1 Å². The van der Waals surface area contributed by atoms with Crippen LogP contribution in [0.25, 0.3) is 0 Å². The molecule has 0 bridgehead atoms. The van der Waals surface area contributed by atoms with Crippen molar-refractivity contribution in [2.75, 3.05) is 13.1 Å². The fourth-order valence-corrected chi connectivity index (χ4v) is 3.29. The minimum Gasteiger partial charge on any atom is -0.315 e. The largest absolute Gasteiger partial charge is 0.315 e. The lowest BCUT2D eigenvalue weighted by Crippen LogP contribution is -2.52. The third kappa shape index (κ3) is 1.82. The molecule has 0 radical (unpaired) electrons. The molecule has 14 heavy (non-hydrogen) atoms. The topological polar surface area (TPSA) is 15.3 Å². The number of nitrogens with zero attached hydrogens (tertiary/aromatic N) is 1. The van der Waals surface area contributed by atoms with Crippen LogP contribution in [0.1, 0.15) is 40.0 Å². The Morgan fingerprint density at radius 3 is 2.14 bits per heavy atom. The summed E-state index contributed by atoms with van der Waals surface area (Å²) in [6.45, 7) is 9.61. The first-order valence-corrected chi connectivity index (χ1v) is 6.18. The summed E-state index contributed by atoms with van der Waals surface area (Å²) in [6.07, 6.45) is 4.22. The molecule has 0 amide bonds. The summed E-state index contributed by atoms with van der Waals surface area (Å²) < 4.78 is 0. The van der Waals surface area contributed by atoms with Crippen LogP contribution in [0.2, 0.25) is 0 Å². The molecule has 82 valence electrons. The molecule has 2 aliphatic rings. The van der Waals surface area contributed by atoms with Crippen molar-refractivity contribution < 1.29 is 0 Å². The Morgan fingerprint density at radius 2 is 1.64 bits per heavy atom. The van der Waals surface area contributed by atoms with E-state index in [0.29, 0.717) is 0 Å². The summed E-state index contributed by atoms with van der Waals surface area (Å²) in [5.41, 5.74) is 0. The van der Waals surface area contributed by atoms with Gasteiger partial charge in [0.1, 0.15) is 0 Å². The maximum Gasteiger partial charge on any atom is 0.0263 e. The SMILES string of the molecule is CC1CNCC1N1C(C)CCCC1C. The number of likely N-dealkylation sites (tertiary alicyclic amines) is 1. The van der Waals surface area contributed by atoms with E-state index in [2.05, 4.69) is 31.0 Å². The highest BCUT2D eigenvalue weighted by Gasteiger charge is 2.35. The van der Waals surface area contributed by atoms with Gasteiger partial charge in [0.15, 0.2) is 0 Å². The van der Waals surface area contributed by atoms with Crippen LogP contribution in [0.4, 0.5) is 0 Å². The van der Waals surface area contributed by atoms with E-state index in [-0.39, 0.29) is 0 Å². The highest BCUT2D eigenvalue weighted by atomic mass is 15.2. The lowest BCUT2D eigenvalue weighted by Gasteiger charge is -2.44. The van der Waals surface area contributed by atoms with Gasteiger partial charge >= 0.3 is 0 Å². The van der Waals surface area contributed by atoms with Gasteiger partial charge in [-0.15, -0.1) is 0 Å². The summed E-state index contributed by atoms with van der Waals surface area (Å²) in [5, 5.41) is 3.52. The Kier molecular flexibility index (Phi) is 3.13. The number of hydrogen-bond donors (Lipinski definition) is 1. The summed E-state index contributed by atoms with van der Waals surface area (Å²) in [7, 11) is 0. The van der Waals surface area contributed by atoms with E-state index in [0.717, 1.165) is 24.0 Å². The van der Waals surface area contributed by atoms with E-state index < -0.39 is 0 Å². The van der Waals surface area contributed by atoms with Crippen LogP contribution in [0.15, 0.2) is 0 Å². The maximum atomic E-state index is 3.52. The first kappa shape index (κ1) is 10.4. The van der Waals surface area contributed by atoms with Gasteiger partial charge in [-0.25, -0.2) is 0 Å². The fourth-order valence-electron chi connectivity index (χ4n) is 3.29. The van der Waals surface area contributed by atoms with E-state index >= 15 is 0 Å². The second-order valence-electron chi connectivity index (χ2n) is 5.28. The summed E-state index contributed by atoms with van der Waals surface area (Å²) in [5.74, 6) is 0.831. The molecule has 0 saturated carbocycles. The molecular weight excluding hydrogens is 172 g/mol. The van der Waals surface area contributed by atoms with Gasteiger partial charge in [0.25, 0.3) is 0 Å². The Morgan fingerprint density at radius 1 is 1.00 bits per heavy atom. The van der Waals surface area contributed by atoms with Crippen LogP contribution in [0.5, 0.6) is 0 Å². The molecule has 0 spiro atoms. The number of rotatable bonds is 1. The van der Waals surface area contributed by atoms with Gasteiger partial charge in [-0.1, -0.05) is 13.3 Å². The lowest BCUT2D eigenvalue weighted by atomic mass is 9.92. The van der Waals surface area contributed by atoms with E-state index in [1.165, 1.54) is 32.4 Å². The van der Waals surface area contributed by atoms with Crippen LogP contribution in [0, 0.1) is 5.92 Å². The van der Waals surface area contributed by atoms with E-state index in [9.17, 15) is 0 Å². The Hall–Kier alpha value is -0.0800. The van der Waals surface area contributed by atoms with Crippen LogP contribution >= 0.6 is 0 Å². The first-order valence-electron chi connectivity index (χ1n) is 6.18. The van der Waals surface area contributed by atoms with Crippen molar-refractivity contribution in [3.63, 3.8) is 0 Å². The zero-order valence-electron chi connectivity index (χ0n) is 9.79. The molecule has 0 aromatic carbocycles. The van der Waals surface area contributed by atoms with Crippen molar-refractivity contribution in [1.29, 1.82) is 0 Å². The maximum absolute atomic E-state index is 3.52. The monoisotopic (exact) mass is 196 g/mol. The summed E-state index contributed by atoms with van der Waals surface area (Å²) >= 11 is 0. The Bertz CT molecular complexity index is 183. The molecule has 2 nitrogen and oxygen atoms in total. The van der Waals surface area contributed by atoms with Crippen LogP contribution in [-0.4, -0.2) is 36.1 Å². The second kappa shape index (κ2) is 4.19. The number of nitrogens with one attached hydrogen (secondary N) is 1. The summed E-state index contributed by atoms with van der Waals surface area (Å²) in [6, 6.07) is 2.39. The van der Waals surface area contributed by atoms with Crippen molar-refractivity contribution >= 4 is 0 Å². The molecule has 1 N–H and O–H groups in total. The van der Waals surface area contributed by atoms with Gasteiger partial charge in [-0.05, 0) is 39.2 Å². The molecule has 2 fully saturated rings. The van der Waals surface area contributed by atoms with E-state index in [1.54, 1.807) is 0 Å². The van der Waals surface area contributed by atoms with Gasteiger partial charge in [0.2, 0.25) is 0 Å². The van der Waals surface area contributed by atoms with Crippen molar-refractivity contribution in [1.82, 2.24) is 10.2 Å². The van der Waals surface area contributed by atoms with Crippen LogP contribution in [-0.2, 0) is 0 Å². The van der Waals surface area contributed by atoms with Crippen molar-refractivity contribution in [2.45, 2.75) is 58.2 Å². The van der Waals surface area contributed by atoms with Gasteiger partial charge in [0, 0.05) is 24.7 Å². The Balaban J connectivity index is 2.05. The summed E-state index contributed by atoms with van der Waals surface area (Å²) in [4.78, 5) is 2.77. The minimum atomic E-state index is 0.792. The van der Waals surface area contributed by atoms with Gasteiger partial charge in [-0.2, -0.15) is 0 Å². The first-order chi connectivity index (χ1) is 6.70. The molecule has 0 aromatic heterocycles. The molecular formula is C12H24N2. The highest BCUT2D eigenvalue weighted by Crippen LogP contribution is 2.28. The van der Waals surface area contributed by atoms with Crippen molar-refractivity contribution in [2.24, 2.45) is 5.92 Å². The van der Waals surface area contributed by atoms with Crippen molar-refractivity contribution in [3.05, 3.63) is 0 Å². The predicted octanol–water partition coefficient (Wildman–Crippen LogP) is 1.86. The number of piperidine rings is 1. The second-order valence-corrected chi connectivity index (χ2v) is 5.28. The van der Waals surface area contributed by atoms with E-state index in [4.69, 9.17) is 0 Å². The molecule has 4 atom stereocenters. The molecule has 2 rings (SSSR count). The quantitative estimate of drug-likeness (QED) is 0.688. The van der Waals surface area contributed by atoms with Gasteiger partial charge in [0.05, 0.1) is 0 Å². The fraction of sp³-hybridized carbons (Fsp3) is 1.00. The van der Waals surface area contributed by atoms with Gasteiger partial charge < -0.3 is 5.32 Å². The minimum absolute atomic E-state index is 0.792. The highest BCUT2D eigenvalue weighted by molar-refractivity contribution is 4.92. The molecule has 2 saturated heterocycles. The average molecular weight is 196 g/mol. The zero-order valence-corrected chi connectivity index (χ0v) is 9.79. The molecule has 2 heterocycles. The van der Waals surface area contributed by atoms with Crippen LogP contribution in [0.3, 0.4) is 0 Å². The van der Waals surface area contributed by atoms with Gasteiger partial charge in [-0.3, -0.25) is 4.90 Å². The molecule has 4 unspecified atom stereocenters. The molecule has 0 aliphatic carbocycles. The molecule has 2 heteroatoms. The lowest BCUT2D eigenvalue weighted by molar-refractivity contribution is 0.0472. The number of hydrogen-bond acceptors (Lipinski definition) is 2. The molecule has 2 aliphatic heterocycles. The average Bonchev–Trinajstić information content (AvgIpc) is 2.52. The third-order valence-electron chi connectivity index (χ3n) is 4.12. The third-order valence-corrected chi connectivity index (χ3v) is 4.12. The molecule has 0 aromatic rings. The van der Waals surface area contributed by atoms with E-state index in [1.807, 2.05) is 0 Å². The zero-order chi connectivity index (χ0) is 10.1. The standard InChI is InChI=1S/C12H24N2/c1-9-7-13-8-12(9)14-10(2)5-4-6-11(14)3/h9-13H,4-8H2,1-3H3. The smallest absolute Gasteiger partial charge is 0.0263 e.